The van der Waals surface area contributed by atoms with Gasteiger partial charge in [0.1, 0.15) is 5.75 Å². The summed E-state index contributed by atoms with van der Waals surface area (Å²) in [4.78, 5) is 12.0. The topological polar surface area (TPSA) is 58.6 Å². The predicted molar refractivity (Wildman–Crippen MR) is 87.2 cm³/mol. The second-order valence-electron chi connectivity index (χ2n) is 6.51. The van der Waals surface area contributed by atoms with Crippen LogP contribution in [0.1, 0.15) is 56.6 Å². The van der Waals surface area contributed by atoms with Crippen LogP contribution in [0.2, 0.25) is 0 Å². The average Bonchev–Trinajstić information content (AvgIpc) is 2.47. The van der Waals surface area contributed by atoms with Crippen molar-refractivity contribution in [3.8, 4) is 5.75 Å². The standard InChI is InChI=1S/C18H27NO3/c1-12(2)14-9-8-13(3)10-17(14)22-11-18(21)19-15-6-4-5-7-16(15)20/h8-10,12,15-16,20H,4-7,11H2,1-3H3,(H,19,21). The Morgan fingerprint density at radius 2 is 2.09 bits per heavy atom. The quantitative estimate of drug-likeness (QED) is 0.879. The van der Waals surface area contributed by atoms with Crippen LogP contribution in [0, 0.1) is 6.92 Å². The van der Waals surface area contributed by atoms with Gasteiger partial charge in [0.2, 0.25) is 0 Å². The van der Waals surface area contributed by atoms with E-state index in [-0.39, 0.29) is 18.6 Å². The van der Waals surface area contributed by atoms with E-state index in [2.05, 4.69) is 31.3 Å². The summed E-state index contributed by atoms with van der Waals surface area (Å²) in [6, 6.07) is 5.95. The zero-order valence-electron chi connectivity index (χ0n) is 13.8. The van der Waals surface area contributed by atoms with Crippen molar-refractivity contribution >= 4 is 5.91 Å². The van der Waals surface area contributed by atoms with Gasteiger partial charge >= 0.3 is 0 Å². The second kappa shape index (κ2) is 7.63. The first-order chi connectivity index (χ1) is 10.5. The Balaban J connectivity index is 1.92. The largest absolute Gasteiger partial charge is 0.483 e. The molecule has 1 fully saturated rings. The Hall–Kier alpha value is -1.55. The van der Waals surface area contributed by atoms with E-state index in [4.69, 9.17) is 4.74 Å². The highest BCUT2D eigenvalue weighted by Gasteiger charge is 2.24. The van der Waals surface area contributed by atoms with Crippen molar-refractivity contribution < 1.29 is 14.6 Å². The maximum atomic E-state index is 12.0. The Morgan fingerprint density at radius 1 is 1.36 bits per heavy atom. The highest BCUT2D eigenvalue weighted by Crippen LogP contribution is 2.27. The Bertz CT molecular complexity index is 513. The molecule has 0 aromatic heterocycles. The summed E-state index contributed by atoms with van der Waals surface area (Å²) in [5, 5.41) is 12.8. The van der Waals surface area contributed by atoms with Crippen LogP contribution < -0.4 is 10.1 Å². The van der Waals surface area contributed by atoms with Crippen LogP contribution in [0.4, 0.5) is 0 Å². The molecular formula is C18H27NO3. The molecular weight excluding hydrogens is 278 g/mol. The predicted octanol–water partition coefficient (Wildman–Crippen LogP) is 2.92. The first-order valence-electron chi connectivity index (χ1n) is 8.18. The molecule has 1 amide bonds. The van der Waals surface area contributed by atoms with Gasteiger partial charge in [0.15, 0.2) is 6.61 Å². The van der Waals surface area contributed by atoms with Crippen LogP contribution in [-0.2, 0) is 4.79 Å². The zero-order valence-corrected chi connectivity index (χ0v) is 13.8. The van der Waals surface area contributed by atoms with Crippen LogP contribution in [0.15, 0.2) is 18.2 Å². The lowest BCUT2D eigenvalue weighted by Crippen LogP contribution is -2.46. The van der Waals surface area contributed by atoms with Crippen molar-refractivity contribution in [3.05, 3.63) is 29.3 Å². The van der Waals surface area contributed by atoms with Gasteiger partial charge in [-0.1, -0.05) is 38.8 Å². The molecule has 22 heavy (non-hydrogen) atoms. The zero-order chi connectivity index (χ0) is 16.1. The van der Waals surface area contributed by atoms with Gasteiger partial charge in [-0.25, -0.2) is 0 Å². The molecule has 4 nitrogen and oxygen atoms in total. The second-order valence-corrected chi connectivity index (χ2v) is 6.51. The lowest BCUT2D eigenvalue weighted by atomic mass is 9.92. The molecule has 1 saturated carbocycles. The van der Waals surface area contributed by atoms with E-state index in [1.54, 1.807) is 0 Å². The first-order valence-corrected chi connectivity index (χ1v) is 8.18. The van der Waals surface area contributed by atoms with Gasteiger partial charge in [-0.3, -0.25) is 4.79 Å². The fraction of sp³-hybridized carbons (Fsp3) is 0.611. The van der Waals surface area contributed by atoms with Crippen LogP contribution in [0.5, 0.6) is 5.75 Å². The van der Waals surface area contributed by atoms with Gasteiger partial charge < -0.3 is 15.2 Å². The van der Waals surface area contributed by atoms with E-state index >= 15 is 0 Å². The van der Waals surface area contributed by atoms with E-state index in [1.165, 1.54) is 0 Å². The summed E-state index contributed by atoms with van der Waals surface area (Å²) in [7, 11) is 0. The van der Waals surface area contributed by atoms with Gasteiger partial charge in [0.25, 0.3) is 5.91 Å². The molecule has 1 aromatic rings. The number of amides is 1. The summed E-state index contributed by atoms with van der Waals surface area (Å²) in [6.45, 7) is 6.22. The number of benzene rings is 1. The minimum atomic E-state index is -0.428. The summed E-state index contributed by atoms with van der Waals surface area (Å²) in [6.07, 6.45) is 3.27. The minimum Gasteiger partial charge on any atom is -0.483 e. The van der Waals surface area contributed by atoms with Crippen LogP contribution in [0.3, 0.4) is 0 Å². The van der Waals surface area contributed by atoms with E-state index < -0.39 is 6.10 Å². The van der Waals surface area contributed by atoms with E-state index in [1.807, 2.05) is 13.0 Å². The highest BCUT2D eigenvalue weighted by molar-refractivity contribution is 5.78. The summed E-state index contributed by atoms with van der Waals surface area (Å²) in [5.74, 6) is 0.954. The number of hydrogen-bond acceptors (Lipinski definition) is 3. The van der Waals surface area contributed by atoms with Gasteiger partial charge in [-0.15, -0.1) is 0 Å². The number of carbonyl (C=O) groups excluding carboxylic acids is 1. The fourth-order valence-corrected chi connectivity index (χ4v) is 2.91. The lowest BCUT2D eigenvalue weighted by molar-refractivity contribution is -0.125. The van der Waals surface area contributed by atoms with Crippen LogP contribution in [0.25, 0.3) is 0 Å². The molecule has 0 heterocycles. The number of aliphatic hydroxyl groups is 1. The molecule has 1 aromatic carbocycles. The molecule has 122 valence electrons. The highest BCUT2D eigenvalue weighted by atomic mass is 16.5. The Kier molecular flexibility index (Phi) is 5.83. The van der Waals surface area contributed by atoms with Crippen LogP contribution in [-0.4, -0.2) is 29.8 Å². The summed E-state index contributed by atoms with van der Waals surface area (Å²) < 4.78 is 5.72. The number of hydrogen-bond donors (Lipinski definition) is 2. The third kappa shape index (κ3) is 4.47. The molecule has 0 bridgehead atoms. The molecule has 0 aliphatic heterocycles. The van der Waals surface area contributed by atoms with Gasteiger partial charge in [-0.05, 0) is 42.9 Å². The Morgan fingerprint density at radius 3 is 2.77 bits per heavy atom. The third-order valence-corrected chi connectivity index (χ3v) is 4.23. The molecule has 1 aliphatic rings. The van der Waals surface area contributed by atoms with Crippen molar-refractivity contribution in [2.75, 3.05) is 6.61 Å². The van der Waals surface area contributed by atoms with Crippen molar-refractivity contribution in [2.45, 2.75) is 64.5 Å². The van der Waals surface area contributed by atoms with Crippen molar-refractivity contribution in [2.24, 2.45) is 0 Å². The molecule has 0 saturated heterocycles. The van der Waals surface area contributed by atoms with Gasteiger partial charge in [0, 0.05) is 0 Å². The Labute approximate surface area is 132 Å². The fourth-order valence-electron chi connectivity index (χ4n) is 2.91. The number of rotatable bonds is 5. The van der Waals surface area contributed by atoms with Crippen molar-refractivity contribution in [3.63, 3.8) is 0 Å². The normalized spacial score (nSPS) is 21.7. The number of aryl methyl sites for hydroxylation is 1. The minimum absolute atomic E-state index is 0.00755. The molecule has 4 heteroatoms. The van der Waals surface area contributed by atoms with E-state index in [0.29, 0.717) is 5.92 Å². The van der Waals surface area contributed by atoms with Crippen molar-refractivity contribution in [1.29, 1.82) is 0 Å². The number of aliphatic hydroxyl groups excluding tert-OH is 1. The molecule has 2 atom stereocenters. The molecule has 0 radical (unpaired) electrons. The smallest absolute Gasteiger partial charge is 0.258 e. The SMILES string of the molecule is Cc1ccc(C(C)C)c(OCC(=O)NC2CCCCC2O)c1. The van der Waals surface area contributed by atoms with Crippen LogP contribution >= 0.6 is 0 Å². The summed E-state index contributed by atoms with van der Waals surface area (Å²) >= 11 is 0. The molecule has 2 unspecified atom stereocenters. The average molecular weight is 305 g/mol. The van der Waals surface area contributed by atoms with Gasteiger partial charge in [0.05, 0.1) is 12.1 Å². The molecule has 0 spiro atoms. The maximum Gasteiger partial charge on any atom is 0.258 e. The molecule has 1 aliphatic carbocycles. The lowest BCUT2D eigenvalue weighted by Gasteiger charge is -2.28. The first kappa shape index (κ1) is 16.8. The number of ether oxygens (including phenoxy) is 1. The maximum absolute atomic E-state index is 12.0. The van der Waals surface area contributed by atoms with Gasteiger partial charge in [-0.2, -0.15) is 0 Å². The summed E-state index contributed by atoms with van der Waals surface area (Å²) in [5.41, 5.74) is 2.22. The molecule has 2 N–H and O–H groups in total. The van der Waals surface area contributed by atoms with E-state index in [0.717, 1.165) is 42.6 Å². The number of nitrogens with one attached hydrogen (secondary N) is 1. The van der Waals surface area contributed by atoms with Crippen molar-refractivity contribution in [1.82, 2.24) is 5.32 Å². The number of carbonyl (C=O) groups is 1. The van der Waals surface area contributed by atoms with E-state index in [9.17, 15) is 9.90 Å². The molecule has 2 rings (SSSR count). The monoisotopic (exact) mass is 305 g/mol. The third-order valence-electron chi connectivity index (χ3n) is 4.23.